The van der Waals surface area contributed by atoms with E-state index in [0.717, 1.165) is 25.7 Å². The van der Waals surface area contributed by atoms with Crippen LogP contribution in [-0.4, -0.2) is 83.3 Å². The number of urea groups is 1. The summed E-state index contributed by atoms with van der Waals surface area (Å²) in [6.07, 6.45) is 7.38. The van der Waals surface area contributed by atoms with Crippen molar-refractivity contribution in [1.82, 2.24) is 26.2 Å². The summed E-state index contributed by atoms with van der Waals surface area (Å²) < 4.78 is 5.56. The number of carbonyl (C=O) groups excluding carboxylic acids is 6. The Hall–Kier alpha value is -3.44. The van der Waals surface area contributed by atoms with Gasteiger partial charge in [0, 0.05) is 13.1 Å². The summed E-state index contributed by atoms with van der Waals surface area (Å²) in [7, 11) is 0. The van der Waals surface area contributed by atoms with Gasteiger partial charge in [0.25, 0.3) is 5.91 Å². The fraction of sp³-hybridized carbons (Fsp3) is 0.784. The van der Waals surface area contributed by atoms with Gasteiger partial charge in [-0.3, -0.25) is 19.2 Å². The zero-order valence-electron chi connectivity index (χ0n) is 31.2. The first-order valence-corrected chi connectivity index (χ1v) is 18.1. The molecule has 49 heavy (non-hydrogen) atoms. The topological polar surface area (TPSA) is 163 Å². The largest absolute Gasteiger partial charge is 0.458 e. The quantitative estimate of drug-likeness (QED) is 0.115. The number of fused-ring (bicyclic) bond motifs is 1. The van der Waals surface area contributed by atoms with E-state index in [-0.39, 0.29) is 42.0 Å². The summed E-state index contributed by atoms with van der Waals surface area (Å²) in [5.74, 6) is -3.27. The lowest BCUT2D eigenvalue weighted by Crippen LogP contribution is -2.63. The molecule has 2 saturated carbocycles. The van der Waals surface area contributed by atoms with Gasteiger partial charge < -0.3 is 30.9 Å². The van der Waals surface area contributed by atoms with E-state index in [2.05, 4.69) is 41.7 Å². The molecule has 1 heterocycles. The number of ketones is 1. The third-order valence-electron chi connectivity index (χ3n) is 10.7. The second kappa shape index (κ2) is 16.1. The molecule has 2 aliphatic carbocycles. The van der Waals surface area contributed by atoms with Gasteiger partial charge in [0.05, 0.1) is 6.04 Å². The predicted molar refractivity (Wildman–Crippen MR) is 187 cm³/mol. The van der Waals surface area contributed by atoms with Gasteiger partial charge in [0.15, 0.2) is 0 Å². The lowest BCUT2D eigenvalue weighted by atomic mass is 9.70. The first kappa shape index (κ1) is 40.0. The monoisotopic (exact) mass is 687 g/mol. The number of likely N-dealkylation sites (tertiary alicyclic amines) is 1. The maximum absolute atomic E-state index is 14.7. The minimum atomic E-state index is -1.04. The van der Waals surface area contributed by atoms with Crippen LogP contribution in [0, 0.1) is 28.6 Å². The smallest absolute Gasteiger partial charge is 0.329 e. The van der Waals surface area contributed by atoms with Crippen LogP contribution in [0.3, 0.4) is 0 Å². The Kier molecular flexibility index (Phi) is 13.1. The van der Waals surface area contributed by atoms with Crippen molar-refractivity contribution in [3.8, 4) is 0 Å². The molecule has 0 aromatic heterocycles. The van der Waals surface area contributed by atoms with Crippen LogP contribution in [0.5, 0.6) is 0 Å². The highest BCUT2D eigenvalue weighted by atomic mass is 16.6. The van der Waals surface area contributed by atoms with E-state index in [1.165, 1.54) is 6.08 Å². The first-order chi connectivity index (χ1) is 22.8. The average molecular weight is 688 g/mol. The third-order valence-corrected chi connectivity index (χ3v) is 10.7. The molecule has 0 bridgehead atoms. The van der Waals surface area contributed by atoms with Crippen LogP contribution >= 0.6 is 0 Å². The van der Waals surface area contributed by atoms with E-state index in [4.69, 9.17) is 4.74 Å². The molecule has 1 saturated heterocycles. The summed E-state index contributed by atoms with van der Waals surface area (Å²) >= 11 is 0. The molecule has 5 amide bonds. The molecule has 3 aliphatic rings. The SMILES string of the molecule is C=CCNC(=O)C(=O)C(CCCC)NC(=O)[C@@H]1[C@@H]2[C@H](CN1C(=O)[C@@H](NC(=O)N[C@H](C(=O)OC(C)(C)C)C(C)C)C1(C)CCCCC1)C2(C)C. The number of hydrogen-bond acceptors (Lipinski definition) is 7. The molecule has 3 rings (SSSR count). The van der Waals surface area contributed by atoms with Gasteiger partial charge >= 0.3 is 12.0 Å². The molecule has 0 radical (unpaired) electrons. The Morgan fingerprint density at radius 2 is 1.61 bits per heavy atom. The van der Waals surface area contributed by atoms with E-state index in [1.54, 1.807) is 25.7 Å². The van der Waals surface area contributed by atoms with Crippen molar-refractivity contribution in [2.75, 3.05) is 13.1 Å². The van der Waals surface area contributed by atoms with E-state index in [1.807, 2.05) is 27.7 Å². The predicted octanol–water partition coefficient (Wildman–Crippen LogP) is 4.02. The average Bonchev–Trinajstić information content (AvgIpc) is 3.33. The van der Waals surface area contributed by atoms with Crippen LogP contribution in [0.4, 0.5) is 4.79 Å². The summed E-state index contributed by atoms with van der Waals surface area (Å²) in [6, 6.07) is -4.46. The van der Waals surface area contributed by atoms with Crippen LogP contribution < -0.4 is 21.3 Å². The normalized spacial score (nSPS) is 24.0. The number of amides is 5. The molecule has 6 atom stereocenters. The van der Waals surface area contributed by atoms with Crippen LogP contribution in [-0.2, 0) is 28.7 Å². The molecule has 12 nitrogen and oxygen atoms in total. The second-order valence-electron chi connectivity index (χ2n) is 16.5. The number of ether oxygens (including phenoxy) is 1. The first-order valence-electron chi connectivity index (χ1n) is 18.1. The molecular formula is C37H61N5O7. The Bertz CT molecular complexity index is 1270. The summed E-state index contributed by atoms with van der Waals surface area (Å²) in [6.45, 7) is 21.0. The van der Waals surface area contributed by atoms with E-state index in [0.29, 0.717) is 25.8 Å². The Balaban J connectivity index is 1.90. The van der Waals surface area contributed by atoms with Gasteiger partial charge in [-0.1, -0.05) is 79.7 Å². The minimum Gasteiger partial charge on any atom is -0.458 e. The van der Waals surface area contributed by atoms with Gasteiger partial charge in [-0.25, -0.2) is 9.59 Å². The zero-order valence-corrected chi connectivity index (χ0v) is 31.2. The number of nitrogens with zero attached hydrogens (tertiary/aromatic N) is 1. The minimum absolute atomic E-state index is 0.0685. The lowest BCUT2D eigenvalue weighted by molar-refractivity contribution is -0.158. The number of unbranched alkanes of at least 4 members (excludes halogenated alkanes) is 1. The van der Waals surface area contributed by atoms with Crippen molar-refractivity contribution in [3.05, 3.63) is 12.7 Å². The number of esters is 1. The molecule has 0 aromatic carbocycles. The van der Waals surface area contributed by atoms with Crippen LogP contribution in [0.15, 0.2) is 12.7 Å². The number of Topliss-reactive ketones (excluding diaryl/α,β-unsaturated/α-hetero) is 1. The van der Waals surface area contributed by atoms with E-state index >= 15 is 0 Å². The highest BCUT2D eigenvalue weighted by molar-refractivity contribution is 6.38. The molecule has 0 aromatic rings. The molecular weight excluding hydrogens is 626 g/mol. The van der Waals surface area contributed by atoms with Gasteiger partial charge in [0.1, 0.15) is 23.7 Å². The van der Waals surface area contributed by atoms with E-state index < -0.39 is 64.8 Å². The van der Waals surface area contributed by atoms with E-state index in [9.17, 15) is 28.8 Å². The molecule has 1 aliphatic heterocycles. The fourth-order valence-electron chi connectivity index (χ4n) is 7.68. The zero-order chi connectivity index (χ0) is 36.9. The van der Waals surface area contributed by atoms with Gasteiger partial charge in [0.2, 0.25) is 17.6 Å². The fourth-order valence-corrected chi connectivity index (χ4v) is 7.68. The van der Waals surface area contributed by atoms with Gasteiger partial charge in [-0.15, -0.1) is 6.58 Å². The molecule has 3 fully saturated rings. The standard InChI is InChI=1S/C37H61N5O7/c1-11-13-17-24(28(43)31(45)38-20-12-2)39-30(44)27-25-23(36(25,8)9)21-42(27)32(46)29(37(10)18-15-14-16-19-37)41-34(48)40-26(22(3)4)33(47)49-35(5,6)7/h12,22-27,29H,2,11,13-21H2,1,3-10H3,(H,38,45)(H,39,44)(H2,40,41,48)/t23-,24?,25-,26-,27-,29+/m0/s1. The van der Waals surface area contributed by atoms with Crippen molar-refractivity contribution in [1.29, 1.82) is 0 Å². The molecule has 1 unspecified atom stereocenters. The van der Waals surface area contributed by atoms with Crippen molar-refractivity contribution in [3.63, 3.8) is 0 Å². The van der Waals surface area contributed by atoms with Crippen LogP contribution in [0.1, 0.15) is 114 Å². The number of carbonyl (C=O) groups is 6. The molecule has 4 N–H and O–H groups in total. The van der Waals surface area contributed by atoms with Crippen molar-refractivity contribution < 1.29 is 33.5 Å². The number of nitrogens with one attached hydrogen (secondary N) is 4. The maximum Gasteiger partial charge on any atom is 0.329 e. The van der Waals surface area contributed by atoms with Gasteiger partial charge in [-0.05, 0) is 68.6 Å². The second-order valence-corrected chi connectivity index (χ2v) is 16.5. The number of piperidine rings is 1. The highest BCUT2D eigenvalue weighted by Gasteiger charge is 2.70. The Morgan fingerprint density at radius 1 is 0.980 bits per heavy atom. The van der Waals surface area contributed by atoms with Crippen molar-refractivity contribution >= 4 is 35.5 Å². The Labute approximate surface area is 292 Å². The van der Waals surface area contributed by atoms with Crippen LogP contribution in [0.2, 0.25) is 0 Å². The van der Waals surface area contributed by atoms with Crippen LogP contribution in [0.25, 0.3) is 0 Å². The Morgan fingerprint density at radius 3 is 2.16 bits per heavy atom. The maximum atomic E-state index is 14.7. The number of rotatable bonds is 15. The molecule has 0 spiro atoms. The van der Waals surface area contributed by atoms with Gasteiger partial charge in [-0.2, -0.15) is 0 Å². The summed E-state index contributed by atoms with van der Waals surface area (Å²) in [4.78, 5) is 82.8. The summed E-state index contributed by atoms with van der Waals surface area (Å²) in [5.41, 5.74) is -1.53. The summed E-state index contributed by atoms with van der Waals surface area (Å²) in [5, 5.41) is 11.1. The molecule has 12 heteroatoms. The van der Waals surface area contributed by atoms with Crippen molar-refractivity contribution in [2.45, 2.75) is 143 Å². The molecule has 276 valence electrons. The third kappa shape index (κ3) is 9.63. The highest BCUT2D eigenvalue weighted by Crippen LogP contribution is 2.65. The van der Waals surface area contributed by atoms with Crippen molar-refractivity contribution in [2.24, 2.45) is 28.6 Å². The number of hydrogen-bond donors (Lipinski definition) is 4. The lowest BCUT2D eigenvalue weighted by Gasteiger charge is -2.43.